The van der Waals surface area contributed by atoms with E-state index in [4.69, 9.17) is 5.11 Å². The summed E-state index contributed by atoms with van der Waals surface area (Å²) in [6.45, 7) is 1.82. The number of rotatable bonds is 4. The van der Waals surface area contributed by atoms with E-state index in [1.165, 1.54) is 0 Å². The Bertz CT molecular complexity index is 630. The summed E-state index contributed by atoms with van der Waals surface area (Å²) in [5, 5.41) is 17.3. The van der Waals surface area contributed by atoms with Crippen LogP contribution >= 0.6 is 43.6 Å². The molecule has 0 unspecified atom stereocenters. The number of thioether (sulfide) groups is 1. The lowest BCUT2D eigenvalue weighted by Crippen LogP contribution is -2.03. The molecule has 1 aromatic heterocycles. The molecule has 1 N–H and O–H groups in total. The average molecular weight is 407 g/mol. The van der Waals surface area contributed by atoms with Crippen molar-refractivity contribution in [3.05, 3.63) is 33.0 Å². The van der Waals surface area contributed by atoms with E-state index in [2.05, 4.69) is 42.1 Å². The van der Waals surface area contributed by atoms with Crippen molar-refractivity contribution in [2.75, 3.05) is 5.75 Å². The van der Waals surface area contributed by atoms with Crippen molar-refractivity contribution in [3.8, 4) is 5.69 Å². The van der Waals surface area contributed by atoms with E-state index >= 15 is 0 Å². The minimum Gasteiger partial charge on any atom is -0.481 e. The van der Waals surface area contributed by atoms with Gasteiger partial charge in [-0.2, -0.15) is 0 Å². The predicted octanol–water partition coefficient (Wildman–Crippen LogP) is 3.28. The molecule has 2 aromatic rings. The molecule has 0 aliphatic rings. The fraction of sp³-hybridized carbons (Fsp3) is 0.182. The topological polar surface area (TPSA) is 68.0 Å². The van der Waals surface area contributed by atoms with Gasteiger partial charge in [0.25, 0.3) is 0 Å². The van der Waals surface area contributed by atoms with Gasteiger partial charge < -0.3 is 5.11 Å². The number of aliphatic carboxylic acids is 1. The highest BCUT2D eigenvalue weighted by molar-refractivity contribution is 9.11. The molecule has 0 radical (unpaired) electrons. The van der Waals surface area contributed by atoms with E-state index in [0.29, 0.717) is 11.0 Å². The number of halogens is 2. The number of carboxylic acids is 1. The quantitative estimate of drug-likeness (QED) is 0.789. The van der Waals surface area contributed by atoms with Crippen LogP contribution in [0.1, 0.15) is 5.82 Å². The fourth-order valence-electron chi connectivity index (χ4n) is 1.50. The van der Waals surface area contributed by atoms with Crippen molar-refractivity contribution >= 4 is 49.6 Å². The first kappa shape index (κ1) is 14.5. The maximum atomic E-state index is 10.7. The zero-order valence-corrected chi connectivity index (χ0v) is 13.8. The van der Waals surface area contributed by atoms with Crippen LogP contribution in [0.2, 0.25) is 0 Å². The number of nitrogens with zero attached hydrogens (tertiary/aromatic N) is 3. The molecule has 1 heterocycles. The lowest BCUT2D eigenvalue weighted by molar-refractivity contribution is -0.133. The predicted molar refractivity (Wildman–Crippen MR) is 79.9 cm³/mol. The summed E-state index contributed by atoms with van der Waals surface area (Å²) in [5.41, 5.74) is 0.866. The van der Waals surface area contributed by atoms with Gasteiger partial charge in [-0.1, -0.05) is 27.7 Å². The van der Waals surface area contributed by atoms with Crippen LogP contribution in [0, 0.1) is 6.92 Å². The molecule has 0 spiro atoms. The van der Waals surface area contributed by atoms with Gasteiger partial charge in [0.1, 0.15) is 5.82 Å². The minimum absolute atomic E-state index is 0.0518. The van der Waals surface area contributed by atoms with Crippen LogP contribution in [0.3, 0.4) is 0 Å². The molecule has 0 bridgehead atoms. The van der Waals surface area contributed by atoms with E-state index in [1.54, 1.807) is 0 Å². The second kappa shape index (κ2) is 6.06. The lowest BCUT2D eigenvalue weighted by Gasteiger charge is -2.10. The van der Waals surface area contributed by atoms with Crippen molar-refractivity contribution in [3.63, 3.8) is 0 Å². The summed E-state index contributed by atoms with van der Waals surface area (Å²) in [5.74, 6) is -0.235. The van der Waals surface area contributed by atoms with Crippen molar-refractivity contribution < 1.29 is 9.90 Å². The highest BCUT2D eigenvalue weighted by atomic mass is 79.9. The van der Waals surface area contributed by atoms with Gasteiger partial charge in [0.15, 0.2) is 5.16 Å². The molecule has 0 atom stereocenters. The van der Waals surface area contributed by atoms with E-state index in [1.807, 2.05) is 29.7 Å². The molecule has 19 heavy (non-hydrogen) atoms. The van der Waals surface area contributed by atoms with Crippen LogP contribution in [0.15, 0.2) is 32.3 Å². The Morgan fingerprint density at radius 2 is 2.16 bits per heavy atom. The Kier molecular flexibility index (Phi) is 4.64. The van der Waals surface area contributed by atoms with Crippen molar-refractivity contribution in [2.24, 2.45) is 0 Å². The van der Waals surface area contributed by atoms with Gasteiger partial charge in [0.05, 0.1) is 11.4 Å². The molecular weight excluding hydrogens is 398 g/mol. The first-order chi connectivity index (χ1) is 8.99. The highest BCUT2D eigenvalue weighted by Crippen LogP contribution is 2.29. The Morgan fingerprint density at radius 1 is 1.42 bits per heavy atom. The second-order valence-electron chi connectivity index (χ2n) is 3.64. The van der Waals surface area contributed by atoms with Crippen LogP contribution in [0.5, 0.6) is 0 Å². The van der Waals surface area contributed by atoms with Gasteiger partial charge in [-0.25, -0.2) is 0 Å². The fourth-order valence-corrected chi connectivity index (χ4v) is 2.98. The third kappa shape index (κ3) is 3.37. The number of carbonyl (C=O) groups is 1. The first-order valence-corrected chi connectivity index (χ1v) is 7.78. The smallest absolute Gasteiger partial charge is 0.313 e. The third-order valence-electron chi connectivity index (χ3n) is 2.27. The van der Waals surface area contributed by atoms with Crippen LogP contribution in [-0.2, 0) is 4.79 Å². The van der Waals surface area contributed by atoms with Gasteiger partial charge in [-0.3, -0.25) is 9.36 Å². The van der Waals surface area contributed by atoms with Crippen LogP contribution in [-0.4, -0.2) is 31.6 Å². The zero-order chi connectivity index (χ0) is 14.0. The lowest BCUT2D eigenvalue weighted by atomic mass is 10.3. The maximum absolute atomic E-state index is 10.7. The molecule has 0 saturated heterocycles. The molecule has 2 rings (SSSR count). The van der Waals surface area contributed by atoms with Crippen molar-refractivity contribution in [1.82, 2.24) is 14.8 Å². The second-order valence-corrected chi connectivity index (χ2v) is 6.36. The van der Waals surface area contributed by atoms with E-state index in [9.17, 15) is 4.79 Å². The van der Waals surface area contributed by atoms with Gasteiger partial charge in [0.2, 0.25) is 0 Å². The largest absolute Gasteiger partial charge is 0.481 e. The Hall–Kier alpha value is -0.860. The zero-order valence-electron chi connectivity index (χ0n) is 9.80. The normalized spacial score (nSPS) is 10.7. The standard InChI is InChI=1S/C11H9Br2N3O2S/c1-6-14-15-11(19-5-10(17)18)16(6)9-4-7(12)2-3-8(9)13/h2-4H,5H2,1H3,(H,17,18). The molecule has 0 fully saturated rings. The Balaban J connectivity index is 2.46. The molecule has 5 nitrogen and oxygen atoms in total. The summed E-state index contributed by atoms with van der Waals surface area (Å²) in [7, 11) is 0. The number of hydrogen-bond acceptors (Lipinski definition) is 4. The molecule has 1 aromatic carbocycles. The summed E-state index contributed by atoms with van der Waals surface area (Å²) in [6.07, 6.45) is 0. The van der Waals surface area contributed by atoms with E-state index < -0.39 is 5.97 Å². The van der Waals surface area contributed by atoms with E-state index in [0.717, 1.165) is 26.4 Å². The highest BCUT2D eigenvalue weighted by Gasteiger charge is 2.15. The van der Waals surface area contributed by atoms with Crippen LogP contribution < -0.4 is 0 Å². The Labute approximate surface area is 130 Å². The Morgan fingerprint density at radius 3 is 2.84 bits per heavy atom. The molecule has 0 aliphatic carbocycles. The maximum Gasteiger partial charge on any atom is 0.313 e. The van der Waals surface area contributed by atoms with Gasteiger partial charge in [0, 0.05) is 8.95 Å². The van der Waals surface area contributed by atoms with Crippen LogP contribution in [0.25, 0.3) is 5.69 Å². The molecule has 100 valence electrons. The summed E-state index contributed by atoms with van der Waals surface area (Å²) < 4.78 is 3.63. The number of benzene rings is 1. The molecule has 8 heteroatoms. The van der Waals surface area contributed by atoms with E-state index in [-0.39, 0.29) is 5.75 Å². The number of carboxylic acid groups (broad SMARTS) is 1. The average Bonchev–Trinajstić information content (AvgIpc) is 2.71. The van der Waals surface area contributed by atoms with Gasteiger partial charge in [-0.15, -0.1) is 10.2 Å². The molecular formula is C11H9Br2N3O2S. The number of aryl methyl sites for hydroxylation is 1. The molecule has 0 saturated carbocycles. The first-order valence-electron chi connectivity index (χ1n) is 5.21. The summed E-state index contributed by atoms with van der Waals surface area (Å²) >= 11 is 8.03. The van der Waals surface area contributed by atoms with Crippen molar-refractivity contribution in [1.29, 1.82) is 0 Å². The number of hydrogen-bond donors (Lipinski definition) is 1. The van der Waals surface area contributed by atoms with Gasteiger partial charge in [-0.05, 0) is 41.1 Å². The summed E-state index contributed by atoms with van der Waals surface area (Å²) in [6, 6.07) is 5.74. The van der Waals surface area contributed by atoms with Crippen molar-refractivity contribution in [2.45, 2.75) is 12.1 Å². The third-order valence-corrected chi connectivity index (χ3v) is 4.35. The monoisotopic (exact) mass is 405 g/mol. The van der Waals surface area contributed by atoms with Gasteiger partial charge >= 0.3 is 5.97 Å². The minimum atomic E-state index is -0.884. The molecule has 0 amide bonds. The van der Waals surface area contributed by atoms with Crippen LogP contribution in [0.4, 0.5) is 0 Å². The number of aromatic nitrogens is 3. The molecule has 0 aliphatic heterocycles. The summed E-state index contributed by atoms with van der Waals surface area (Å²) in [4.78, 5) is 10.7. The SMILES string of the molecule is Cc1nnc(SCC(=O)O)n1-c1cc(Br)ccc1Br.